The van der Waals surface area contributed by atoms with Gasteiger partial charge in [0.05, 0.1) is 45.7 Å². The number of fused-ring (bicyclic) bond motifs is 3. The first-order valence-electron chi connectivity index (χ1n) is 14.7. The lowest BCUT2D eigenvalue weighted by molar-refractivity contribution is 0.0699. The molecule has 1 atom stereocenters. The summed E-state index contributed by atoms with van der Waals surface area (Å²) in [5.41, 5.74) is 6.87. The Bertz CT molecular complexity index is 1980. The number of nitrogens with one attached hydrogen (secondary N) is 1. The van der Waals surface area contributed by atoms with Crippen molar-refractivity contribution in [1.29, 1.82) is 0 Å². The number of pyridine rings is 1. The van der Waals surface area contributed by atoms with Crippen LogP contribution in [0.5, 0.6) is 5.75 Å². The summed E-state index contributed by atoms with van der Waals surface area (Å²) in [6.45, 7) is 6.05. The second kappa shape index (κ2) is 11.5. The number of aromatic nitrogens is 5. The number of halogens is 1. The molecule has 0 spiro atoms. The smallest absolute Gasteiger partial charge is 0.338 e. The molecule has 10 nitrogen and oxygen atoms in total. The van der Waals surface area contributed by atoms with Crippen molar-refractivity contribution in [2.45, 2.75) is 58.7 Å². The van der Waals surface area contributed by atoms with Crippen LogP contribution in [0.4, 0.5) is 0 Å². The number of thiophene rings is 1. The Balaban J connectivity index is 1.12. The summed E-state index contributed by atoms with van der Waals surface area (Å²) in [7, 11) is 0. The zero-order valence-electron chi connectivity index (χ0n) is 24.4. The van der Waals surface area contributed by atoms with Gasteiger partial charge in [0.2, 0.25) is 0 Å². The molecule has 1 aliphatic carbocycles. The lowest BCUT2D eigenvalue weighted by Crippen LogP contribution is -2.45. The summed E-state index contributed by atoms with van der Waals surface area (Å²) in [5, 5.41) is 11.8. The maximum Gasteiger partial charge on any atom is 0.338 e. The van der Waals surface area contributed by atoms with Crippen molar-refractivity contribution in [3.63, 3.8) is 0 Å². The van der Waals surface area contributed by atoms with Gasteiger partial charge in [-0.3, -0.25) is 19.2 Å². The first-order chi connectivity index (χ1) is 21.3. The highest BCUT2D eigenvalue weighted by molar-refractivity contribution is 7.18. The van der Waals surface area contributed by atoms with Gasteiger partial charge in [0.1, 0.15) is 18.2 Å². The van der Waals surface area contributed by atoms with Crippen molar-refractivity contribution in [3.05, 3.63) is 91.1 Å². The molecule has 2 aliphatic rings. The molecule has 226 valence electrons. The van der Waals surface area contributed by atoms with Crippen LogP contribution in [-0.4, -0.2) is 59.7 Å². The fraction of sp³-hybridized carbons (Fsp3) is 0.344. The van der Waals surface area contributed by atoms with Crippen LogP contribution in [0, 0.1) is 13.8 Å². The number of H-pyrrole nitrogens is 1. The van der Waals surface area contributed by atoms with Crippen LogP contribution in [0.15, 0.2) is 40.8 Å². The van der Waals surface area contributed by atoms with Gasteiger partial charge in [-0.2, -0.15) is 0 Å². The molecule has 1 aromatic carbocycles. The highest BCUT2D eigenvalue weighted by Gasteiger charge is 2.31. The molecule has 5 aromatic rings. The monoisotopic (exact) mass is 630 g/mol. The number of hydrogen-bond acceptors (Lipinski definition) is 8. The predicted octanol–water partition coefficient (Wildman–Crippen LogP) is 5.21. The second-order valence-electron chi connectivity index (χ2n) is 11.4. The Labute approximate surface area is 262 Å². The number of benzene rings is 1. The van der Waals surface area contributed by atoms with Gasteiger partial charge in [-0.15, -0.1) is 11.3 Å². The number of hydrogen-bond donors (Lipinski definition) is 2. The van der Waals surface area contributed by atoms with Crippen LogP contribution < -0.4 is 10.3 Å². The van der Waals surface area contributed by atoms with E-state index >= 15 is 0 Å². The van der Waals surface area contributed by atoms with Crippen LogP contribution >= 0.6 is 22.9 Å². The Morgan fingerprint density at radius 3 is 2.89 bits per heavy atom. The SMILES string of the molecule is Cc1cc(-c2cc(Cl)ccc2OCCn2c(C)nc3c(c2=O)CC(N2CCc4nc[nH]c4C2)CC3)c2scc(C(=O)O)c2n1. The molecule has 1 unspecified atom stereocenters. The van der Waals surface area contributed by atoms with E-state index < -0.39 is 5.97 Å². The lowest BCUT2D eigenvalue weighted by atomic mass is 9.90. The molecule has 0 saturated carbocycles. The maximum atomic E-state index is 13.8. The molecule has 7 rings (SSSR count). The first-order valence-corrected chi connectivity index (χ1v) is 15.9. The number of aryl methyl sites for hydroxylation is 3. The van der Waals surface area contributed by atoms with Crippen molar-refractivity contribution in [2.75, 3.05) is 13.2 Å². The van der Waals surface area contributed by atoms with Gasteiger partial charge in [-0.05, 0) is 57.4 Å². The molecule has 4 aromatic heterocycles. The summed E-state index contributed by atoms with van der Waals surface area (Å²) in [4.78, 5) is 45.1. The molecule has 0 radical (unpaired) electrons. The summed E-state index contributed by atoms with van der Waals surface area (Å²) in [5.74, 6) is 0.251. The lowest BCUT2D eigenvalue weighted by Gasteiger charge is -2.36. The number of carbonyl (C=O) groups is 1. The minimum atomic E-state index is -1.02. The Hall–Kier alpha value is -4.06. The van der Waals surface area contributed by atoms with E-state index in [9.17, 15) is 14.7 Å². The molecule has 0 bridgehead atoms. The predicted molar refractivity (Wildman–Crippen MR) is 169 cm³/mol. The fourth-order valence-electron chi connectivity index (χ4n) is 6.50. The maximum absolute atomic E-state index is 13.8. The molecule has 0 fully saturated rings. The van der Waals surface area contributed by atoms with E-state index in [-0.39, 0.29) is 23.8 Å². The standard InChI is InChI=1S/C32H31ClN6O4S/c1-17-11-22(30-29(36-17)24(15-44-30)32(41)42)21-12-19(33)3-6-28(21)43-10-9-39-18(2)37-25-5-4-20(13-23(25)31(39)40)38-8-7-26-27(14-38)35-16-34-26/h3,6,11-12,15-16,20H,4-5,7-10,13-14H2,1-2H3,(H,34,35)(H,41,42). The molecule has 0 amide bonds. The molecular formula is C32H31ClN6O4S. The van der Waals surface area contributed by atoms with E-state index in [4.69, 9.17) is 21.3 Å². The minimum absolute atomic E-state index is 0.00243. The molecule has 0 saturated heterocycles. The third kappa shape index (κ3) is 5.18. The largest absolute Gasteiger partial charge is 0.491 e. The average Bonchev–Trinajstić information content (AvgIpc) is 3.66. The molecular weight excluding hydrogens is 600 g/mol. The van der Waals surface area contributed by atoms with Gasteiger partial charge >= 0.3 is 5.97 Å². The summed E-state index contributed by atoms with van der Waals surface area (Å²) < 4.78 is 8.76. The summed E-state index contributed by atoms with van der Waals surface area (Å²) >= 11 is 7.74. The van der Waals surface area contributed by atoms with Crippen LogP contribution in [0.3, 0.4) is 0 Å². The van der Waals surface area contributed by atoms with Crippen LogP contribution in [0.25, 0.3) is 21.3 Å². The number of ether oxygens (including phenoxy) is 1. The van der Waals surface area contributed by atoms with Gasteiger partial charge in [0.15, 0.2) is 0 Å². The number of aromatic amines is 1. The number of carboxylic acid groups (broad SMARTS) is 1. The van der Waals surface area contributed by atoms with Crippen molar-refractivity contribution in [1.82, 2.24) is 29.4 Å². The quantitative estimate of drug-likeness (QED) is 0.251. The van der Waals surface area contributed by atoms with Gasteiger partial charge in [0.25, 0.3) is 5.56 Å². The van der Waals surface area contributed by atoms with E-state index in [1.165, 1.54) is 17.0 Å². The Morgan fingerprint density at radius 2 is 2.05 bits per heavy atom. The van der Waals surface area contributed by atoms with Crippen LogP contribution in [0.1, 0.15) is 50.9 Å². The van der Waals surface area contributed by atoms with Gasteiger partial charge < -0.3 is 14.8 Å². The van der Waals surface area contributed by atoms with Crippen molar-refractivity contribution >= 4 is 39.1 Å². The fourth-order valence-corrected chi connectivity index (χ4v) is 7.69. The third-order valence-corrected chi connectivity index (χ3v) is 9.94. The van der Waals surface area contributed by atoms with Gasteiger partial charge in [-0.25, -0.2) is 14.8 Å². The van der Waals surface area contributed by atoms with E-state index in [2.05, 4.69) is 19.9 Å². The van der Waals surface area contributed by atoms with Gasteiger partial charge in [0, 0.05) is 58.3 Å². The number of aromatic carboxylic acids is 1. The molecule has 2 N–H and O–H groups in total. The number of nitrogens with zero attached hydrogens (tertiary/aromatic N) is 5. The topological polar surface area (TPSA) is 126 Å². The molecule has 44 heavy (non-hydrogen) atoms. The zero-order chi connectivity index (χ0) is 30.5. The van der Waals surface area contributed by atoms with E-state index in [0.717, 1.165) is 65.1 Å². The van der Waals surface area contributed by atoms with Gasteiger partial charge in [-0.1, -0.05) is 11.6 Å². The minimum Gasteiger partial charge on any atom is -0.491 e. The highest BCUT2D eigenvalue weighted by atomic mass is 35.5. The molecule has 12 heteroatoms. The molecule has 1 aliphatic heterocycles. The van der Waals surface area contributed by atoms with E-state index in [1.54, 1.807) is 28.4 Å². The normalized spacial score (nSPS) is 16.6. The van der Waals surface area contributed by atoms with E-state index in [0.29, 0.717) is 40.8 Å². The highest BCUT2D eigenvalue weighted by Crippen LogP contribution is 2.40. The summed E-state index contributed by atoms with van der Waals surface area (Å²) in [6, 6.07) is 7.58. The van der Waals surface area contributed by atoms with Crippen LogP contribution in [-0.2, 0) is 32.4 Å². The Kier molecular flexibility index (Phi) is 7.47. The van der Waals surface area contributed by atoms with Crippen LogP contribution in [0.2, 0.25) is 5.02 Å². The zero-order valence-corrected chi connectivity index (χ0v) is 26.0. The third-order valence-electron chi connectivity index (χ3n) is 8.70. The Morgan fingerprint density at radius 1 is 1.18 bits per heavy atom. The number of imidazole rings is 1. The number of rotatable bonds is 7. The summed E-state index contributed by atoms with van der Waals surface area (Å²) in [6.07, 6.45) is 5.14. The second-order valence-corrected chi connectivity index (χ2v) is 12.7. The average molecular weight is 631 g/mol. The van der Waals surface area contributed by atoms with Crippen molar-refractivity contribution in [2.24, 2.45) is 0 Å². The molecule has 5 heterocycles. The number of carboxylic acids is 1. The van der Waals surface area contributed by atoms with Crippen molar-refractivity contribution in [3.8, 4) is 16.9 Å². The van der Waals surface area contributed by atoms with E-state index in [1.807, 2.05) is 26.0 Å². The van der Waals surface area contributed by atoms with Crippen molar-refractivity contribution < 1.29 is 14.6 Å². The first kappa shape index (κ1) is 28.7.